The van der Waals surface area contributed by atoms with E-state index in [0.717, 1.165) is 0 Å². The smallest absolute Gasteiger partial charge is 0.444 e. The van der Waals surface area contributed by atoms with Crippen LogP contribution in [0.2, 0.25) is 0 Å². The molecule has 0 unspecified atom stereocenters. The van der Waals surface area contributed by atoms with Crippen molar-refractivity contribution in [2.75, 3.05) is 19.7 Å². The molecule has 0 spiro atoms. The standard InChI is InChI=1S/C13H23NO5/c1-5-17-12(16)18-10-6-8-14(9-7-10)11(15)19-13(2,3)4/h10H,5-9H2,1-4H3. The topological polar surface area (TPSA) is 65.1 Å². The summed E-state index contributed by atoms with van der Waals surface area (Å²) >= 11 is 0. The largest absolute Gasteiger partial charge is 0.508 e. The van der Waals surface area contributed by atoms with E-state index in [1.165, 1.54) is 0 Å². The quantitative estimate of drug-likeness (QED) is 0.723. The van der Waals surface area contributed by atoms with Crippen LogP contribution in [0.15, 0.2) is 0 Å². The SMILES string of the molecule is CCOC(=O)OC1CCN(C(=O)OC(C)(C)C)CC1. The molecule has 1 rings (SSSR count). The van der Waals surface area contributed by atoms with Crippen molar-refractivity contribution in [1.29, 1.82) is 0 Å². The molecule has 1 aliphatic heterocycles. The number of carbonyl (C=O) groups is 2. The van der Waals surface area contributed by atoms with Crippen molar-refractivity contribution in [2.24, 2.45) is 0 Å². The second-order valence-electron chi connectivity index (χ2n) is 5.47. The molecule has 0 aliphatic carbocycles. The van der Waals surface area contributed by atoms with Crippen LogP contribution < -0.4 is 0 Å². The molecule has 0 atom stereocenters. The molecule has 1 saturated heterocycles. The van der Waals surface area contributed by atoms with E-state index in [0.29, 0.717) is 32.5 Å². The summed E-state index contributed by atoms with van der Waals surface area (Å²) in [5, 5.41) is 0. The lowest BCUT2D eigenvalue weighted by atomic mass is 10.1. The van der Waals surface area contributed by atoms with Gasteiger partial charge in [0.1, 0.15) is 11.7 Å². The van der Waals surface area contributed by atoms with E-state index < -0.39 is 11.8 Å². The zero-order valence-corrected chi connectivity index (χ0v) is 12.1. The molecule has 110 valence electrons. The first-order valence-corrected chi connectivity index (χ1v) is 6.63. The molecule has 6 heteroatoms. The third kappa shape index (κ3) is 5.81. The summed E-state index contributed by atoms with van der Waals surface area (Å²) in [6.45, 7) is 8.59. The number of hydrogen-bond acceptors (Lipinski definition) is 5. The van der Waals surface area contributed by atoms with Crippen LogP contribution in [0.1, 0.15) is 40.5 Å². The summed E-state index contributed by atoms with van der Waals surface area (Å²) in [6.07, 6.45) is 0.0777. The normalized spacial score (nSPS) is 16.9. The fraction of sp³-hybridized carbons (Fsp3) is 0.846. The molecule has 1 fully saturated rings. The van der Waals surface area contributed by atoms with Crippen molar-refractivity contribution in [2.45, 2.75) is 52.2 Å². The Morgan fingerprint density at radius 1 is 1.21 bits per heavy atom. The van der Waals surface area contributed by atoms with E-state index in [2.05, 4.69) is 0 Å². The number of hydrogen-bond donors (Lipinski definition) is 0. The average Bonchev–Trinajstić information content (AvgIpc) is 2.27. The molecule has 0 N–H and O–H groups in total. The summed E-state index contributed by atoms with van der Waals surface area (Å²) in [7, 11) is 0. The monoisotopic (exact) mass is 273 g/mol. The van der Waals surface area contributed by atoms with Gasteiger partial charge >= 0.3 is 12.2 Å². The van der Waals surface area contributed by atoms with E-state index in [4.69, 9.17) is 14.2 Å². The van der Waals surface area contributed by atoms with Gasteiger partial charge in [0.15, 0.2) is 0 Å². The Labute approximate surface area is 114 Å². The second kappa shape index (κ2) is 6.63. The highest BCUT2D eigenvalue weighted by molar-refractivity contribution is 5.68. The molecule has 1 aliphatic rings. The Hall–Kier alpha value is -1.46. The molecule has 0 saturated carbocycles. The fourth-order valence-electron chi connectivity index (χ4n) is 1.77. The van der Waals surface area contributed by atoms with Crippen molar-refractivity contribution in [3.63, 3.8) is 0 Å². The maximum atomic E-state index is 11.8. The van der Waals surface area contributed by atoms with Crippen LogP contribution >= 0.6 is 0 Å². The summed E-state index contributed by atoms with van der Waals surface area (Å²) in [4.78, 5) is 24.6. The highest BCUT2D eigenvalue weighted by Crippen LogP contribution is 2.17. The first kappa shape index (κ1) is 15.6. The molecule has 0 bridgehead atoms. The maximum Gasteiger partial charge on any atom is 0.508 e. The van der Waals surface area contributed by atoms with Gasteiger partial charge in [-0.2, -0.15) is 0 Å². The number of likely N-dealkylation sites (tertiary alicyclic amines) is 1. The molecule has 1 amide bonds. The van der Waals surface area contributed by atoms with E-state index in [1.807, 2.05) is 20.8 Å². The molecule has 1 heterocycles. The minimum Gasteiger partial charge on any atom is -0.444 e. The number of carbonyl (C=O) groups excluding carboxylic acids is 2. The Morgan fingerprint density at radius 3 is 2.26 bits per heavy atom. The van der Waals surface area contributed by atoms with Crippen molar-refractivity contribution < 1.29 is 23.8 Å². The van der Waals surface area contributed by atoms with Gasteiger partial charge in [0.25, 0.3) is 0 Å². The van der Waals surface area contributed by atoms with Gasteiger partial charge in [-0.05, 0) is 27.7 Å². The van der Waals surface area contributed by atoms with Crippen LogP contribution in [-0.4, -0.2) is 48.5 Å². The molecule has 0 aromatic carbocycles. The van der Waals surface area contributed by atoms with Crippen molar-refractivity contribution >= 4 is 12.2 Å². The van der Waals surface area contributed by atoms with Gasteiger partial charge in [0.05, 0.1) is 6.61 Å². The highest BCUT2D eigenvalue weighted by Gasteiger charge is 2.28. The third-order valence-corrected chi connectivity index (χ3v) is 2.62. The third-order valence-electron chi connectivity index (χ3n) is 2.62. The molecule has 0 aromatic rings. The number of ether oxygens (including phenoxy) is 3. The Bertz CT molecular complexity index is 315. The van der Waals surface area contributed by atoms with Crippen LogP contribution in [0.3, 0.4) is 0 Å². The minimum atomic E-state index is -0.641. The summed E-state index contributed by atoms with van der Waals surface area (Å²) in [5.74, 6) is 0. The zero-order valence-electron chi connectivity index (χ0n) is 12.1. The van der Waals surface area contributed by atoms with Gasteiger partial charge in [-0.3, -0.25) is 0 Å². The van der Waals surface area contributed by atoms with Crippen molar-refractivity contribution in [1.82, 2.24) is 4.90 Å². The van der Waals surface area contributed by atoms with Crippen molar-refractivity contribution in [3.05, 3.63) is 0 Å². The van der Waals surface area contributed by atoms with Gasteiger partial charge in [0.2, 0.25) is 0 Å². The van der Waals surface area contributed by atoms with E-state index in [-0.39, 0.29) is 12.2 Å². The summed E-state index contributed by atoms with van der Waals surface area (Å²) < 4.78 is 15.1. The van der Waals surface area contributed by atoms with Crippen LogP contribution in [0, 0.1) is 0 Å². The van der Waals surface area contributed by atoms with Gasteiger partial charge in [0, 0.05) is 25.9 Å². The van der Waals surface area contributed by atoms with E-state index in [9.17, 15) is 9.59 Å². The minimum absolute atomic E-state index is 0.183. The Kier molecular flexibility index (Phi) is 5.44. The highest BCUT2D eigenvalue weighted by atomic mass is 16.7. The number of nitrogens with zero attached hydrogens (tertiary/aromatic N) is 1. The van der Waals surface area contributed by atoms with Crippen LogP contribution in [0.4, 0.5) is 9.59 Å². The second-order valence-corrected chi connectivity index (χ2v) is 5.47. The number of amides is 1. The number of rotatable bonds is 2. The zero-order chi connectivity index (χ0) is 14.5. The van der Waals surface area contributed by atoms with Gasteiger partial charge in [-0.1, -0.05) is 0 Å². The number of piperidine rings is 1. The van der Waals surface area contributed by atoms with Crippen LogP contribution in [0.5, 0.6) is 0 Å². The van der Waals surface area contributed by atoms with E-state index in [1.54, 1.807) is 11.8 Å². The van der Waals surface area contributed by atoms with E-state index >= 15 is 0 Å². The molecule has 0 aromatic heterocycles. The molecule has 6 nitrogen and oxygen atoms in total. The molecule has 19 heavy (non-hydrogen) atoms. The maximum absolute atomic E-state index is 11.8. The molecule has 0 radical (unpaired) electrons. The van der Waals surface area contributed by atoms with Crippen molar-refractivity contribution in [3.8, 4) is 0 Å². The van der Waals surface area contributed by atoms with Crippen LogP contribution in [0.25, 0.3) is 0 Å². The first-order chi connectivity index (χ1) is 8.81. The summed E-state index contributed by atoms with van der Waals surface area (Å²) in [5.41, 5.74) is -0.491. The molecular weight excluding hydrogens is 250 g/mol. The summed E-state index contributed by atoms with van der Waals surface area (Å²) in [6, 6.07) is 0. The van der Waals surface area contributed by atoms with Gasteiger partial charge < -0.3 is 19.1 Å². The van der Waals surface area contributed by atoms with Gasteiger partial charge in [-0.15, -0.1) is 0 Å². The fourth-order valence-corrected chi connectivity index (χ4v) is 1.77. The first-order valence-electron chi connectivity index (χ1n) is 6.63. The van der Waals surface area contributed by atoms with Gasteiger partial charge in [-0.25, -0.2) is 9.59 Å². The molecular formula is C13H23NO5. The Morgan fingerprint density at radius 2 is 1.79 bits per heavy atom. The van der Waals surface area contributed by atoms with Crippen LogP contribution in [-0.2, 0) is 14.2 Å². The lowest BCUT2D eigenvalue weighted by Crippen LogP contribution is -2.43. The Balaban J connectivity index is 2.32. The predicted octanol–water partition coefficient (Wildman–Crippen LogP) is 2.56. The predicted molar refractivity (Wildman–Crippen MR) is 68.9 cm³/mol. The average molecular weight is 273 g/mol. The lowest BCUT2D eigenvalue weighted by Gasteiger charge is -2.32. The lowest BCUT2D eigenvalue weighted by molar-refractivity contribution is -0.0103.